The van der Waals surface area contributed by atoms with Crippen LogP contribution in [0.4, 0.5) is 32.0 Å². The zero-order valence-corrected chi connectivity index (χ0v) is 17.2. The zero-order valence-electron chi connectivity index (χ0n) is 15.6. The number of alkyl halides is 3. The number of anilines is 1. The fourth-order valence-electron chi connectivity index (χ4n) is 3.18. The molecule has 1 unspecified atom stereocenters. The SMILES string of the molecule is CC(NS(=O)(=O)c1c(Cl)c(C(=O)Nc2cc(F)c(F)c(F)c2)n2c1CCC2)C(F)(F)F. The topological polar surface area (TPSA) is 80.2 Å². The van der Waals surface area contributed by atoms with Crippen LogP contribution in [0.1, 0.15) is 29.5 Å². The molecule has 1 atom stereocenters. The van der Waals surface area contributed by atoms with Gasteiger partial charge in [0.2, 0.25) is 10.0 Å². The van der Waals surface area contributed by atoms with Gasteiger partial charge in [-0.05, 0) is 19.8 Å². The quantitative estimate of drug-likeness (QED) is 0.492. The lowest BCUT2D eigenvalue weighted by atomic mass is 10.2. The van der Waals surface area contributed by atoms with E-state index < -0.39 is 66.9 Å². The molecule has 1 aromatic carbocycles. The number of fused-ring (bicyclic) bond motifs is 1. The highest BCUT2D eigenvalue weighted by Gasteiger charge is 2.42. The summed E-state index contributed by atoms with van der Waals surface area (Å²) in [5.41, 5.74) is -0.868. The molecule has 1 aromatic heterocycles. The number of carbonyl (C=O) groups is 1. The van der Waals surface area contributed by atoms with Crippen molar-refractivity contribution in [3.63, 3.8) is 0 Å². The molecule has 14 heteroatoms. The van der Waals surface area contributed by atoms with Gasteiger partial charge in [0, 0.05) is 30.1 Å². The van der Waals surface area contributed by atoms with Crippen molar-refractivity contribution in [1.82, 2.24) is 9.29 Å². The first kappa shape index (κ1) is 23.4. The van der Waals surface area contributed by atoms with E-state index in [0.29, 0.717) is 25.5 Å². The van der Waals surface area contributed by atoms with Crippen molar-refractivity contribution >= 4 is 33.2 Å². The number of rotatable bonds is 5. The molecule has 2 heterocycles. The van der Waals surface area contributed by atoms with Crippen LogP contribution in [0.25, 0.3) is 0 Å². The van der Waals surface area contributed by atoms with Crippen molar-refractivity contribution in [3.8, 4) is 0 Å². The van der Waals surface area contributed by atoms with Crippen LogP contribution in [-0.2, 0) is 23.0 Å². The molecule has 1 aliphatic rings. The number of halogens is 7. The van der Waals surface area contributed by atoms with Gasteiger partial charge in [-0.15, -0.1) is 0 Å². The fraction of sp³-hybridized carbons (Fsp3) is 0.353. The minimum Gasteiger partial charge on any atom is -0.338 e. The number of sulfonamides is 1. The highest BCUT2D eigenvalue weighted by atomic mass is 35.5. The molecular formula is C17H14ClF6N3O3S. The highest BCUT2D eigenvalue weighted by Crippen LogP contribution is 2.37. The maximum Gasteiger partial charge on any atom is 0.404 e. The van der Waals surface area contributed by atoms with Crippen LogP contribution < -0.4 is 10.0 Å². The summed E-state index contributed by atoms with van der Waals surface area (Å²) < 4.78 is 106. The van der Waals surface area contributed by atoms with E-state index in [1.807, 2.05) is 0 Å². The second kappa shape index (κ2) is 8.02. The van der Waals surface area contributed by atoms with Gasteiger partial charge in [-0.3, -0.25) is 4.79 Å². The Morgan fingerprint density at radius 1 is 1.19 bits per heavy atom. The summed E-state index contributed by atoms with van der Waals surface area (Å²) in [5.74, 6) is -5.98. The molecule has 2 aromatic rings. The Morgan fingerprint density at radius 3 is 2.32 bits per heavy atom. The number of amides is 1. The Morgan fingerprint density at radius 2 is 1.77 bits per heavy atom. The Kier molecular flexibility index (Phi) is 6.06. The first-order valence-corrected chi connectivity index (χ1v) is 10.6. The standard InChI is InChI=1S/C17H14ClF6N3O3S/c1-7(17(22,23)24)26-31(29,30)15-11-3-2-4-27(11)14(12(15)18)16(28)25-8-5-9(19)13(21)10(20)6-8/h5-7,26H,2-4H2,1H3,(H,25,28). The molecular weight excluding hydrogens is 476 g/mol. The van der Waals surface area contributed by atoms with Crippen LogP contribution in [0.3, 0.4) is 0 Å². The van der Waals surface area contributed by atoms with Crippen molar-refractivity contribution in [3.05, 3.63) is 46.0 Å². The molecule has 0 spiro atoms. The average Bonchev–Trinajstić information content (AvgIpc) is 3.17. The Hall–Kier alpha value is -2.25. The van der Waals surface area contributed by atoms with Gasteiger partial charge in [0.15, 0.2) is 17.5 Å². The molecule has 1 amide bonds. The van der Waals surface area contributed by atoms with Gasteiger partial charge in [-0.25, -0.2) is 21.6 Å². The van der Waals surface area contributed by atoms with Crippen molar-refractivity contribution in [1.29, 1.82) is 0 Å². The van der Waals surface area contributed by atoms with E-state index in [2.05, 4.69) is 5.32 Å². The number of benzene rings is 1. The fourth-order valence-corrected chi connectivity index (χ4v) is 5.36. The van der Waals surface area contributed by atoms with Crippen LogP contribution >= 0.6 is 11.6 Å². The molecule has 0 bridgehead atoms. The van der Waals surface area contributed by atoms with Crippen LogP contribution in [0.2, 0.25) is 5.02 Å². The number of aromatic nitrogens is 1. The molecule has 2 N–H and O–H groups in total. The highest BCUT2D eigenvalue weighted by molar-refractivity contribution is 7.89. The van der Waals surface area contributed by atoms with Crippen molar-refractivity contribution in [2.75, 3.05) is 5.32 Å². The lowest BCUT2D eigenvalue weighted by Gasteiger charge is -2.17. The van der Waals surface area contributed by atoms with E-state index in [9.17, 15) is 39.6 Å². The van der Waals surface area contributed by atoms with Gasteiger partial charge in [0.25, 0.3) is 5.91 Å². The third-order valence-corrected chi connectivity index (χ3v) is 6.73. The lowest BCUT2D eigenvalue weighted by Crippen LogP contribution is -2.43. The van der Waals surface area contributed by atoms with Gasteiger partial charge in [0.05, 0.1) is 5.02 Å². The summed E-state index contributed by atoms with van der Waals surface area (Å²) in [6.45, 7) is 0.737. The van der Waals surface area contributed by atoms with E-state index in [1.54, 1.807) is 0 Å². The minimum atomic E-state index is -4.86. The van der Waals surface area contributed by atoms with Crippen molar-refractivity contribution in [2.24, 2.45) is 0 Å². The average molecular weight is 490 g/mol. The molecule has 170 valence electrons. The summed E-state index contributed by atoms with van der Waals surface area (Å²) in [5, 5.41) is 1.44. The first-order chi connectivity index (χ1) is 14.2. The van der Waals surface area contributed by atoms with E-state index >= 15 is 0 Å². The summed E-state index contributed by atoms with van der Waals surface area (Å²) in [7, 11) is -4.78. The molecule has 0 fully saturated rings. The lowest BCUT2D eigenvalue weighted by molar-refractivity contribution is -0.147. The summed E-state index contributed by atoms with van der Waals surface area (Å²) in [6, 6.07) is -1.42. The molecule has 6 nitrogen and oxygen atoms in total. The molecule has 0 saturated carbocycles. The van der Waals surface area contributed by atoms with Gasteiger partial charge in [0.1, 0.15) is 16.6 Å². The second-order valence-corrected chi connectivity index (χ2v) is 8.81. The largest absolute Gasteiger partial charge is 0.404 e. The number of hydrogen-bond acceptors (Lipinski definition) is 3. The van der Waals surface area contributed by atoms with Crippen molar-refractivity contribution < 1.29 is 39.6 Å². The molecule has 3 rings (SSSR count). The van der Waals surface area contributed by atoms with E-state index in [0.717, 1.165) is 0 Å². The molecule has 31 heavy (non-hydrogen) atoms. The van der Waals surface area contributed by atoms with E-state index in [-0.39, 0.29) is 18.7 Å². The number of carbonyl (C=O) groups excluding carboxylic acids is 1. The van der Waals surface area contributed by atoms with Gasteiger partial charge >= 0.3 is 6.18 Å². The smallest absolute Gasteiger partial charge is 0.338 e. The summed E-state index contributed by atoms with van der Waals surface area (Å²) >= 11 is 6.09. The predicted octanol–water partition coefficient (Wildman–Crippen LogP) is 3.99. The number of hydrogen-bond donors (Lipinski definition) is 2. The molecule has 0 saturated heterocycles. The summed E-state index contributed by atoms with van der Waals surface area (Å²) in [6.07, 6.45) is -4.37. The van der Waals surface area contributed by atoms with Gasteiger partial charge in [-0.1, -0.05) is 11.6 Å². The van der Waals surface area contributed by atoms with Crippen LogP contribution in [-0.4, -0.2) is 31.1 Å². The number of nitrogens with one attached hydrogen (secondary N) is 2. The van der Waals surface area contributed by atoms with Crippen molar-refractivity contribution in [2.45, 2.75) is 43.4 Å². The predicted molar refractivity (Wildman–Crippen MR) is 97.9 cm³/mol. The molecule has 1 aliphatic heterocycles. The monoisotopic (exact) mass is 489 g/mol. The Labute approximate surface area is 177 Å². The normalized spacial score (nSPS) is 15.1. The van der Waals surface area contributed by atoms with Crippen LogP contribution in [0.5, 0.6) is 0 Å². The summed E-state index contributed by atoms with van der Waals surface area (Å²) in [4.78, 5) is 12.0. The first-order valence-electron chi connectivity index (χ1n) is 8.69. The third kappa shape index (κ3) is 4.39. The molecule has 0 aliphatic carbocycles. The maximum atomic E-state index is 13.4. The van der Waals surface area contributed by atoms with Crippen LogP contribution in [0, 0.1) is 17.5 Å². The second-order valence-electron chi connectivity index (χ2n) is 6.79. The molecule has 0 radical (unpaired) electrons. The van der Waals surface area contributed by atoms with E-state index in [4.69, 9.17) is 11.6 Å². The van der Waals surface area contributed by atoms with Crippen LogP contribution in [0.15, 0.2) is 17.0 Å². The Bertz CT molecular complexity index is 1140. The maximum absolute atomic E-state index is 13.4. The van der Waals surface area contributed by atoms with Gasteiger partial charge in [-0.2, -0.15) is 17.9 Å². The number of nitrogens with zero attached hydrogens (tertiary/aromatic N) is 1. The zero-order chi connectivity index (χ0) is 23.3. The van der Waals surface area contributed by atoms with Gasteiger partial charge < -0.3 is 9.88 Å². The third-order valence-electron chi connectivity index (χ3n) is 4.61. The minimum absolute atomic E-state index is 0.0218. The Balaban J connectivity index is 2.01. The van der Waals surface area contributed by atoms with E-state index in [1.165, 1.54) is 9.29 Å².